The van der Waals surface area contributed by atoms with Crippen molar-refractivity contribution >= 4 is 0 Å². The summed E-state index contributed by atoms with van der Waals surface area (Å²) in [4.78, 5) is 0. The Bertz CT molecular complexity index is 194. The highest BCUT2D eigenvalue weighted by molar-refractivity contribution is 4.82. The predicted molar refractivity (Wildman–Crippen MR) is 77.3 cm³/mol. The van der Waals surface area contributed by atoms with Gasteiger partial charge in [0.15, 0.2) is 0 Å². The number of hydrogen-bond donors (Lipinski definition) is 1. The quantitative estimate of drug-likeness (QED) is 0.652. The normalized spacial score (nSPS) is 21.0. The summed E-state index contributed by atoms with van der Waals surface area (Å²) >= 11 is 0. The van der Waals surface area contributed by atoms with Crippen molar-refractivity contribution in [3.05, 3.63) is 0 Å². The van der Waals surface area contributed by atoms with Gasteiger partial charge in [0.25, 0.3) is 0 Å². The molecule has 1 rings (SSSR count). The maximum atomic E-state index is 3.68. The van der Waals surface area contributed by atoms with E-state index in [4.69, 9.17) is 0 Å². The molecule has 1 aliphatic carbocycles. The second kappa shape index (κ2) is 7.41. The van der Waals surface area contributed by atoms with Crippen LogP contribution in [-0.4, -0.2) is 13.1 Å². The first-order chi connectivity index (χ1) is 8.06. The minimum atomic E-state index is 0.540. The Morgan fingerprint density at radius 1 is 1.24 bits per heavy atom. The molecule has 0 aromatic heterocycles. The fourth-order valence-corrected chi connectivity index (χ4v) is 3.44. The van der Waals surface area contributed by atoms with E-state index in [2.05, 4.69) is 33.0 Å². The second-order valence-electron chi connectivity index (χ2n) is 6.94. The van der Waals surface area contributed by atoms with Crippen LogP contribution in [0.25, 0.3) is 0 Å². The molecule has 1 nitrogen and oxygen atoms in total. The van der Waals surface area contributed by atoms with Crippen molar-refractivity contribution in [3.8, 4) is 0 Å². The lowest BCUT2D eigenvalue weighted by Gasteiger charge is -2.33. The van der Waals surface area contributed by atoms with E-state index in [0.717, 1.165) is 11.8 Å². The van der Waals surface area contributed by atoms with Gasteiger partial charge in [-0.25, -0.2) is 0 Å². The van der Waals surface area contributed by atoms with Crippen LogP contribution >= 0.6 is 0 Å². The Labute approximate surface area is 109 Å². The van der Waals surface area contributed by atoms with E-state index in [1.165, 1.54) is 58.0 Å². The average molecular weight is 239 g/mol. The van der Waals surface area contributed by atoms with Crippen LogP contribution in [0.2, 0.25) is 0 Å². The minimum absolute atomic E-state index is 0.540. The topological polar surface area (TPSA) is 12.0 Å². The number of rotatable bonds is 8. The second-order valence-corrected chi connectivity index (χ2v) is 6.94. The highest BCUT2D eigenvalue weighted by Gasteiger charge is 2.28. The lowest BCUT2D eigenvalue weighted by Crippen LogP contribution is -2.35. The van der Waals surface area contributed by atoms with E-state index in [1.807, 2.05) is 0 Å². The Morgan fingerprint density at radius 3 is 2.41 bits per heavy atom. The number of nitrogens with one attached hydrogen (secondary N) is 1. The zero-order valence-corrected chi connectivity index (χ0v) is 12.5. The van der Waals surface area contributed by atoms with Gasteiger partial charge in [-0.05, 0) is 36.6 Å². The third-order valence-electron chi connectivity index (χ3n) is 4.21. The molecule has 0 heterocycles. The summed E-state index contributed by atoms with van der Waals surface area (Å²) in [6, 6.07) is 0. The Kier molecular flexibility index (Phi) is 6.54. The Hall–Kier alpha value is -0.0400. The molecular weight excluding hydrogens is 206 g/mol. The van der Waals surface area contributed by atoms with E-state index < -0.39 is 0 Å². The van der Waals surface area contributed by atoms with Gasteiger partial charge in [-0.1, -0.05) is 59.8 Å². The molecule has 0 saturated heterocycles. The van der Waals surface area contributed by atoms with E-state index in [0.29, 0.717) is 5.41 Å². The van der Waals surface area contributed by atoms with Crippen LogP contribution in [0.15, 0.2) is 0 Å². The van der Waals surface area contributed by atoms with E-state index in [1.54, 1.807) is 0 Å². The van der Waals surface area contributed by atoms with E-state index in [9.17, 15) is 0 Å². The van der Waals surface area contributed by atoms with Crippen molar-refractivity contribution in [3.63, 3.8) is 0 Å². The monoisotopic (exact) mass is 239 g/mol. The fourth-order valence-electron chi connectivity index (χ4n) is 3.44. The standard InChI is InChI=1S/C16H33N/c1-5-10-16(4,13-17-12-14(2)3)11-15-8-6-7-9-15/h14-15,17H,5-13H2,1-4H3. The van der Waals surface area contributed by atoms with Crippen LogP contribution in [0.5, 0.6) is 0 Å². The molecule has 1 unspecified atom stereocenters. The van der Waals surface area contributed by atoms with E-state index in [-0.39, 0.29) is 0 Å². The van der Waals surface area contributed by atoms with E-state index >= 15 is 0 Å². The third-order valence-corrected chi connectivity index (χ3v) is 4.21. The van der Waals surface area contributed by atoms with Crippen LogP contribution in [0.3, 0.4) is 0 Å². The zero-order valence-electron chi connectivity index (χ0n) is 12.5. The first-order valence-corrected chi connectivity index (χ1v) is 7.76. The number of hydrogen-bond acceptors (Lipinski definition) is 1. The summed E-state index contributed by atoms with van der Waals surface area (Å²) in [6.45, 7) is 11.8. The first-order valence-electron chi connectivity index (χ1n) is 7.76. The molecule has 0 aromatic rings. The zero-order chi connectivity index (χ0) is 12.7. The predicted octanol–water partition coefficient (Wildman–Crippen LogP) is 4.62. The van der Waals surface area contributed by atoms with Gasteiger partial charge in [-0.3, -0.25) is 0 Å². The SMILES string of the molecule is CCCC(C)(CNCC(C)C)CC1CCCC1. The smallest absolute Gasteiger partial charge is 0.000537 e. The molecule has 0 amide bonds. The maximum absolute atomic E-state index is 3.68. The average Bonchev–Trinajstić information content (AvgIpc) is 2.69. The van der Waals surface area contributed by atoms with Crippen LogP contribution in [0.1, 0.15) is 72.6 Å². The van der Waals surface area contributed by atoms with Crippen molar-refractivity contribution < 1.29 is 0 Å². The van der Waals surface area contributed by atoms with Gasteiger partial charge in [0.05, 0.1) is 0 Å². The van der Waals surface area contributed by atoms with Crippen LogP contribution < -0.4 is 5.32 Å². The van der Waals surface area contributed by atoms with Crippen LogP contribution in [-0.2, 0) is 0 Å². The summed E-state index contributed by atoms with van der Waals surface area (Å²) in [5, 5.41) is 3.68. The molecule has 0 aromatic carbocycles. The van der Waals surface area contributed by atoms with Gasteiger partial charge in [0, 0.05) is 6.54 Å². The lowest BCUT2D eigenvalue weighted by molar-refractivity contribution is 0.209. The largest absolute Gasteiger partial charge is 0.316 e. The van der Waals surface area contributed by atoms with Gasteiger partial charge in [0.2, 0.25) is 0 Å². The van der Waals surface area contributed by atoms with Crippen molar-refractivity contribution in [2.45, 2.75) is 72.6 Å². The fraction of sp³-hybridized carbons (Fsp3) is 1.00. The third kappa shape index (κ3) is 5.90. The summed E-state index contributed by atoms with van der Waals surface area (Å²) in [6.07, 6.45) is 10.1. The van der Waals surface area contributed by atoms with Crippen molar-refractivity contribution in [1.82, 2.24) is 5.32 Å². The molecule has 1 aliphatic rings. The van der Waals surface area contributed by atoms with Crippen molar-refractivity contribution in [2.24, 2.45) is 17.3 Å². The van der Waals surface area contributed by atoms with Crippen LogP contribution in [0, 0.1) is 17.3 Å². The minimum Gasteiger partial charge on any atom is -0.316 e. The summed E-state index contributed by atoms with van der Waals surface area (Å²) in [7, 11) is 0. The summed E-state index contributed by atoms with van der Waals surface area (Å²) in [5.41, 5.74) is 0.540. The summed E-state index contributed by atoms with van der Waals surface area (Å²) in [5.74, 6) is 1.79. The van der Waals surface area contributed by atoms with Crippen molar-refractivity contribution in [1.29, 1.82) is 0 Å². The van der Waals surface area contributed by atoms with Gasteiger partial charge in [-0.2, -0.15) is 0 Å². The van der Waals surface area contributed by atoms with Gasteiger partial charge in [0.1, 0.15) is 0 Å². The Balaban J connectivity index is 2.36. The highest BCUT2D eigenvalue weighted by atomic mass is 14.9. The molecule has 102 valence electrons. The van der Waals surface area contributed by atoms with Crippen LogP contribution in [0.4, 0.5) is 0 Å². The first kappa shape index (κ1) is 15.0. The molecule has 17 heavy (non-hydrogen) atoms. The van der Waals surface area contributed by atoms with Gasteiger partial charge in [-0.15, -0.1) is 0 Å². The molecule has 1 heteroatoms. The molecule has 0 radical (unpaired) electrons. The molecule has 0 bridgehead atoms. The molecule has 0 spiro atoms. The molecule has 1 saturated carbocycles. The highest BCUT2D eigenvalue weighted by Crippen LogP contribution is 2.38. The summed E-state index contributed by atoms with van der Waals surface area (Å²) < 4.78 is 0. The van der Waals surface area contributed by atoms with Gasteiger partial charge < -0.3 is 5.32 Å². The maximum Gasteiger partial charge on any atom is 0.000537 e. The molecule has 1 fully saturated rings. The molecule has 1 N–H and O–H groups in total. The molecule has 0 aliphatic heterocycles. The van der Waals surface area contributed by atoms with Crippen molar-refractivity contribution in [2.75, 3.05) is 13.1 Å². The lowest BCUT2D eigenvalue weighted by atomic mass is 9.77. The molecule has 1 atom stereocenters. The Morgan fingerprint density at radius 2 is 1.88 bits per heavy atom. The molecular formula is C16H33N. The van der Waals surface area contributed by atoms with Gasteiger partial charge >= 0.3 is 0 Å².